The van der Waals surface area contributed by atoms with Gasteiger partial charge in [-0.15, -0.1) is 0 Å². The molecule has 4 heteroatoms. The zero-order valence-corrected chi connectivity index (χ0v) is 12.7. The summed E-state index contributed by atoms with van der Waals surface area (Å²) in [6.07, 6.45) is 0.556. The standard InChI is InChI=1S/C15H22ClFN2/c1-14(2)13(15(14,3)4)12(19-18)8-9-7-10(16)5-6-11(9)17/h5-7,12-13,19H,8,18H2,1-4H3. The second kappa shape index (κ2) is 4.72. The van der Waals surface area contributed by atoms with Crippen molar-refractivity contribution in [1.29, 1.82) is 0 Å². The molecule has 0 heterocycles. The van der Waals surface area contributed by atoms with Gasteiger partial charge >= 0.3 is 0 Å². The second-order valence-electron chi connectivity index (χ2n) is 6.63. The van der Waals surface area contributed by atoms with Crippen molar-refractivity contribution in [2.45, 2.75) is 40.2 Å². The molecule has 2 rings (SSSR count). The van der Waals surface area contributed by atoms with Gasteiger partial charge in [0.1, 0.15) is 5.82 Å². The highest BCUT2D eigenvalue weighted by Gasteiger charge is 2.66. The van der Waals surface area contributed by atoms with E-state index < -0.39 is 0 Å². The Bertz CT molecular complexity index is 471. The molecule has 0 aliphatic heterocycles. The Morgan fingerprint density at radius 2 is 1.89 bits per heavy atom. The minimum absolute atomic E-state index is 0.0537. The number of halogens is 2. The van der Waals surface area contributed by atoms with Crippen molar-refractivity contribution >= 4 is 11.6 Å². The van der Waals surface area contributed by atoms with E-state index in [2.05, 4.69) is 33.1 Å². The van der Waals surface area contributed by atoms with E-state index in [0.717, 1.165) is 0 Å². The predicted molar refractivity (Wildman–Crippen MR) is 77.3 cm³/mol. The van der Waals surface area contributed by atoms with Gasteiger partial charge in [0.05, 0.1) is 0 Å². The molecule has 1 aliphatic carbocycles. The Hall–Kier alpha value is -0.640. The number of hydrogen-bond acceptors (Lipinski definition) is 2. The lowest BCUT2D eigenvalue weighted by Gasteiger charge is -2.19. The van der Waals surface area contributed by atoms with E-state index in [1.807, 2.05) is 0 Å². The molecule has 1 unspecified atom stereocenters. The first-order chi connectivity index (χ1) is 8.71. The number of nitrogens with two attached hydrogens (primary N) is 1. The smallest absolute Gasteiger partial charge is 0.126 e. The van der Waals surface area contributed by atoms with E-state index in [4.69, 9.17) is 17.4 Å². The summed E-state index contributed by atoms with van der Waals surface area (Å²) in [5.74, 6) is 5.88. The number of hydrogen-bond donors (Lipinski definition) is 2. The molecule has 1 saturated carbocycles. The van der Waals surface area contributed by atoms with E-state index in [9.17, 15) is 4.39 Å². The molecule has 1 aliphatic rings. The average Bonchev–Trinajstić information content (AvgIpc) is 2.72. The molecule has 0 aromatic heterocycles. The van der Waals surface area contributed by atoms with Crippen LogP contribution in [-0.2, 0) is 6.42 Å². The molecule has 1 fully saturated rings. The second-order valence-corrected chi connectivity index (χ2v) is 7.07. The third kappa shape index (κ3) is 2.39. The zero-order chi connectivity index (χ0) is 14.4. The van der Waals surface area contributed by atoms with Crippen molar-refractivity contribution in [3.63, 3.8) is 0 Å². The maximum Gasteiger partial charge on any atom is 0.126 e. The molecule has 0 radical (unpaired) electrons. The summed E-state index contributed by atoms with van der Waals surface area (Å²) in [6, 6.07) is 4.71. The molecule has 1 atom stereocenters. The van der Waals surface area contributed by atoms with Crippen molar-refractivity contribution in [3.05, 3.63) is 34.6 Å². The molecule has 1 aromatic rings. The summed E-state index contributed by atoms with van der Waals surface area (Å²) in [5.41, 5.74) is 3.89. The van der Waals surface area contributed by atoms with Gasteiger partial charge in [-0.3, -0.25) is 11.3 Å². The van der Waals surface area contributed by atoms with Crippen LogP contribution >= 0.6 is 11.6 Å². The Kier molecular flexibility index (Phi) is 3.67. The fourth-order valence-electron chi connectivity index (χ4n) is 3.46. The lowest BCUT2D eigenvalue weighted by Crippen LogP contribution is -2.40. The van der Waals surface area contributed by atoms with Gasteiger partial charge in [0.25, 0.3) is 0 Å². The Labute approximate surface area is 119 Å². The summed E-state index contributed by atoms with van der Waals surface area (Å²) in [4.78, 5) is 0. The highest BCUT2D eigenvalue weighted by Crippen LogP contribution is 2.69. The van der Waals surface area contributed by atoms with E-state index in [1.54, 1.807) is 12.1 Å². The van der Waals surface area contributed by atoms with Gasteiger partial charge in [0.2, 0.25) is 0 Å². The predicted octanol–water partition coefficient (Wildman–Crippen LogP) is 3.54. The van der Waals surface area contributed by atoms with Crippen LogP contribution in [0.2, 0.25) is 5.02 Å². The molecule has 0 amide bonds. The van der Waals surface area contributed by atoms with Gasteiger partial charge in [-0.2, -0.15) is 0 Å². The van der Waals surface area contributed by atoms with Crippen molar-refractivity contribution in [2.24, 2.45) is 22.6 Å². The SMILES string of the molecule is CC1(C)C(C(Cc2cc(Cl)ccc2F)NN)C1(C)C. The number of benzene rings is 1. The van der Waals surface area contributed by atoms with Crippen molar-refractivity contribution in [2.75, 3.05) is 0 Å². The van der Waals surface area contributed by atoms with Crippen LogP contribution in [-0.4, -0.2) is 6.04 Å². The Morgan fingerprint density at radius 1 is 1.32 bits per heavy atom. The minimum atomic E-state index is -0.221. The normalized spacial score (nSPS) is 22.3. The third-order valence-corrected chi connectivity index (χ3v) is 5.43. The van der Waals surface area contributed by atoms with Gasteiger partial charge in [-0.05, 0) is 46.9 Å². The van der Waals surface area contributed by atoms with Gasteiger partial charge in [-0.25, -0.2) is 4.39 Å². The summed E-state index contributed by atoms with van der Waals surface area (Å²) in [7, 11) is 0. The quantitative estimate of drug-likeness (QED) is 0.656. The Balaban J connectivity index is 2.20. The highest BCUT2D eigenvalue weighted by atomic mass is 35.5. The van der Waals surface area contributed by atoms with Crippen LogP contribution in [0.3, 0.4) is 0 Å². The monoisotopic (exact) mass is 284 g/mol. The van der Waals surface area contributed by atoms with Crippen LogP contribution in [0.4, 0.5) is 4.39 Å². The van der Waals surface area contributed by atoms with Crippen LogP contribution in [0.25, 0.3) is 0 Å². The zero-order valence-electron chi connectivity index (χ0n) is 11.9. The van der Waals surface area contributed by atoms with Gasteiger partial charge in [-0.1, -0.05) is 39.3 Å². The van der Waals surface area contributed by atoms with E-state index >= 15 is 0 Å². The summed E-state index contributed by atoms with van der Waals surface area (Å²) < 4.78 is 13.8. The number of hydrazine groups is 1. The van der Waals surface area contributed by atoms with Crippen LogP contribution < -0.4 is 11.3 Å². The molecule has 19 heavy (non-hydrogen) atoms. The van der Waals surface area contributed by atoms with Gasteiger partial charge in [0, 0.05) is 11.1 Å². The molecule has 3 N–H and O–H groups in total. The van der Waals surface area contributed by atoms with Crippen molar-refractivity contribution in [3.8, 4) is 0 Å². The van der Waals surface area contributed by atoms with Crippen LogP contribution in [0.5, 0.6) is 0 Å². The third-order valence-electron chi connectivity index (χ3n) is 5.20. The maximum atomic E-state index is 13.8. The first-order valence-corrected chi connectivity index (χ1v) is 6.99. The molecule has 0 bridgehead atoms. The lowest BCUT2D eigenvalue weighted by molar-refractivity contribution is 0.397. The largest absolute Gasteiger partial charge is 0.271 e. The molecular formula is C15H22ClFN2. The van der Waals surface area contributed by atoms with Gasteiger partial charge < -0.3 is 0 Å². The molecule has 0 spiro atoms. The maximum absolute atomic E-state index is 13.8. The minimum Gasteiger partial charge on any atom is -0.271 e. The average molecular weight is 285 g/mol. The number of rotatable bonds is 4. The highest BCUT2D eigenvalue weighted by molar-refractivity contribution is 6.30. The van der Waals surface area contributed by atoms with E-state index in [1.165, 1.54) is 6.07 Å². The topological polar surface area (TPSA) is 38.0 Å². The van der Waals surface area contributed by atoms with Gasteiger partial charge in [0.15, 0.2) is 0 Å². The molecule has 2 nitrogen and oxygen atoms in total. The van der Waals surface area contributed by atoms with Crippen LogP contribution in [0.1, 0.15) is 33.3 Å². The summed E-state index contributed by atoms with van der Waals surface area (Å²) in [5, 5.41) is 0.557. The van der Waals surface area contributed by atoms with Crippen LogP contribution in [0.15, 0.2) is 18.2 Å². The fourth-order valence-corrected chi connectivity index (χ4v) is 3.66. The molecule has 1 aromatic carbocycles. The van der Waals surface area contributed by atoms with Crippen molar-refractivity contribution in [1.82, 2.24) is 5.43 Å². The first-order valence-electron chi connectivity index (χ1n) is 6.62. The Morgan fingerprint density at radius 3 is 2.37 bits per heavy atom. The lowest BCUT2D eigenvalue weighted by atomic mass is 9.97. The molecule has 106 valence electrons. The summed E-state index contributed by atoms with van der Waals surface area (Å²) >= 11 is 5.93. The van der Waals surface area contributed by atoms with E-state index in [0.29, 0.717) is 22.9 Å². The first kappa shape index (κ1) is 14.8. The van der Waals surface area contributed by atoms with Crippen LogP contribution in [0, 0.1) is 22.6 Å². The van der Waals surface area contributed by atoms with E-state index in [-0.39, 0.29) is 22.7 Å². The molecule has 0 saturated heterocycles. The number of nitrogens with one attached hydrogen (secondary N) is 1. The van der Waals surface area contributed by atoms with Crippen molar-refractivity contribution < 1.29 is 4.39 Å². The summed E-state index contributed by atoms with van der Waals surface area (Å²) in [6.45, 7) is 8.93. The molecular weight excluding hydrogens is 263 g/mol. The fraction of sp³-hybridized carbons (Fsp3) is 0.600.